The van der Waals surface area contributed by atoms with Crippen LogP contribution in [-0.2, 0) is 10.0 Å². The van der Waals surface area contributed by atoms with Crippen molar-refractivity contribution in [2.75, 3.05) is 11.4 Å². The van der Waals surface area contributed by atoms with Crippen LogP contribution in [0.1, 0.15) is 0 Å². The van der Waals surface area contributed by atoms with Crippen LogP contribution in [0.5, 0.6) is 11.5 Å². The van der Waals surface area contributed by atoms with E-state index in [2.05, 4.69) is 0 Å². The van der Waals surface area contributed by atoms with Gasteiger partial charge < -0.3 is 10.2 Å². The molecular formula is C19H17NO4S. The van der Waals surface area contributed by atoms with Crippen LogP contribution in [0, 0.1) is 0 Å². The van der Waals surface area contributed by atoms with Crippen molar-refractivity contribution >= 4 is 15.7 Å². The van der Waals surface area contributed by atoms with Crippen molar-refractivity contribution in [3.8, 4) is 22.6 Å². The van der Waals surface area contributed by atoms with Crippen LogP contribution in [0.25, 0.3) is 11.1 Å². The topological polar surface area (TPSA) is 77.8 Å². The van der Waals surface area contributed by atoms with Crippen LogP contribution in [0.3, 0.4) is 0 Å². The first kappa shape index (κ1) is 16.9. The highest BCUT2D eigenvalue weighted by atomic mass is 32.2. The number of aromatic hydroxyl groups is 2. The molecule has 3 aromatic carbocycles. The van der Waals surface area contributed by atoms with Crippen LogP contribution in [0.15, 0.2) is 77.7 Å². The second-order valence-electron chi connectivity index (χ2n) is 5.57. The number of anilines is 1. The fourth-order valence-electron chi connectivity index (χ4n) is 2.49. The molecule has 0 spiro atoms. The Balaban J connectivity index is 1.93. The van der Waals surface area contributed by atoms with Gasteiger partial charge in [0.15, 0.2) is 0 Å². The van der Waals surface area contributed by atoms with Gasteiger partial charge in [-0.25, -0.2) is 8.42 Å². The van der Waals surface area contributed by atoms with Gasteiger partial charge in [0.05, 0.1) is 10.6 Å². The third-order valence-corrected chi connectivity index (χ3v) is 5.69. The summed E-state index contributed by atoms with van der Waals surface area (Å²) in [6.07, 6.45) is 0. The summed E-state index contributed by atoms with van der Waals surface area (Å²) in [6, 6.07) is 19.2. The highest BCUT2D eigenvalue weighted by Gasteiger charge is 2.21. The maximum Gasteiger partial charge on any atom is 0.264 e. The average Bonchev–Trinajstić information content (AvgIpc) is 2.61. The predicted octanol–water partition coefficient (Wildman–Crippen LogP) is 3.59. The summed E-state index contributed by atoms with van der Waals surface area (Å²) in [5.41, 5.74) is 1.97. The highest BCUT2D eigenvalue weighted by Crippen LogP contribution is 2.28. The van der Waals surface area contributed by atoms with Gasteiger partial charge in [-0.05, 0) is 47.5 Å². The molecule has 0 saturated heterocycles. The summed E-state index contributed by atoms with van der Waals surface area (Å²) < 4.78 is 26.6. The molecule has 0 saturated carbocycles. The highest BCUT2D eigenvalue weighted by molar-refractivity contribution is 7.92. The Kier molecular flexibility index (Phi) is 4.37. The first-order valence-electron chi connectivity index (χ1n) is 7.55. The van der Waals surface area contributed by atoms with Crippen LogP contribution < -0.4 is 4.31 Å². The molecule has 128 valence electrons. The Morgan fingerprint density at radius 2 is 1.36 bits per heavy atom. The minimum absolute atomic E-state index is 0.00113. The fraction of sp³-hybridized carbons (Fsp3) is 0.0526. The van der Waals surface area contributed by atoms with Crippen molar-refractivity contribution in [2.45, 2.75) is 4.90 Å². The summed E-state index contributed by atoms with van der Waals surface area (Å²) in [5.74, 6) is 0.150. The number of phenolic OH excluding ortho intramolecular Hbond substituents is 2. The second kappa shape index (κ2) is 6.49. The van der Waals surface area contributed by atoms with Crippen LogP contribution in [0.4, 0.5) is 5.69 Å². The van der Waals surface area contributed by atoms with E-state index in [-0.39, 0.29) is 16.4 Å². The molecule has 2 N–H and O–H groups in total. The molecule has 0 aromatic heterocycles. The van der Waals surface area contributed by atoms with Crippen molar-refractivity contribution in [3.63, 3.8) is 0 Å². The number of phenols is 2. The lowest BCUT2D eigenvalue weighted by atomic mass is 10.1. The van der Waals surface area contributed by atoms with Gasteiger partial charge in [0.1, 0.15) is 11.5 Å². The first-order chi connectivity index (χ1) is 11.9. The van der Waals surface area contributed by atoms with Gasteiger partial charge >= 0.3 is 0 Å². The molecule has 0 bridgehead atoms. The fourth-order valence-corrected chi connectivity index (χ4v) is 3.68. The lowest BCUT2D eigenvalue weighted by Crippen LogP contribution is -2.26. The molecule has 0 radical (unpaired) electrons. The van der Waals surface area contributed by atoms with Gasteiger partial charge in [-0.15, -0.1) is 0 Å². The maximum atomic E-state index is 12.8. The molecule has 0 unspecified atom stereocenters. The summed E-state index contributed by atoms with van der Waals surface area (Å²) in [5, 5.41) is 19.1. The molecule has 0 aliphatic carbocycles. The normalized spacial score (nSPS) is 11.2. The van der Waals surface area contributed by atoms with E-state index in [1.165, 1.54) is 31.3 Å². The van der Waals surface area contributed by atoms with Crippen molar-refractivity contribution in [1.29, 1.82) is 0 Å². The summed E-state index contributed by atoms with van der Waals surface area (Å²) >= 11 is 0. The molecule has 0 aliphatic rings. The molecule has 3 aromatic rings. The number of rotatable bonds is 4. The number of nitrogens with zero attached hydrogens (tertiary/aromatic N) is 1. The number of hydrogen-bond donors (Lipinski definition) is 2. The lowest BCUT2D eigenvalue weighted by molar-refractivity contribution is 0.475. The second-order valence-corrected chi connectivity index (χ2v) is 7.54. The van der Waals surface area contributed by atoms with E-state index >= 15 is 0 Å². The molecule has 0 atom stereocenters. The molecule has 0 amide bonds. The van der Waals surface area contributed by atoms with Crippen LogP contribution in [-0.4, -0.2) is 25.7 Å². The minimum Gasteiger partial charge on any atom is -0.508 e. The molecule has 5 nitrogen and oxygen atoms in total. The zero-order valence-corrected chi connectivity index (χ0v) is 14.3. The lowest BCUT2D eigenvalue weighted by Gasteiger charge is -2.19. The average molecular weight is 355 g/mol. The largest absolute Gasteiger partial charge is 0.508 e. The van der Waals surface area contributed by atoms with Crippen LogP contribution in [0.2, 0.25) is 0 Å². The van der Waals surface area contributed by atoms with Gasteiger partial charge in [0.2, 0.25) is 0 Å². The van der Waals surface area contributed by atoms with Crippen molar-refractivity contribution < 1.29 is 18.6 Å². The number of benzene rings is 3. The summed E-state index contributed by atoms with van der Waals surface area (Å²) in [6.45, 7) is 0. The van der Waals surface area contributed by atoms with Crippen molar-refractivity contribution in [1.82, 2.24) is 0 Å². The quantitative estimate of drug-likeness (QED) is 0.750. The monoisotopic (exact) mass is 355 g/mol. The van der Waals surface area contributed by atoms with Crippen molar-refractivity contribution in [3.05, 3.63) is 72.8 Å². The summed E-state index contributed by atoms with van der Waals surface area (Å²) in [7, 11) is -2.31. The van der Waals surface area contributed by atoms with Gasteiger partial charge in [-0.3, -0.25) is 4.31 Å². The maximum absolute atomic E-state index is 12.8. The van der Waals surface area contributed by atoms with Crippen LogP contribution >= 0.6 is 0 Å². The van der Waals surface area contributed by atoms with E-state index in [0.29, 0.717) is 5.69 Å². The minimum atomic E-state index is -3.74. The van der Waals surface area contributed by atoms with Gasteiger partial charge in [0, 0.05) is 13.1 Å². The third-order valence-electron chi connectivity index (χ3n) is 3.89. The number of sulfonamides is 1. The molecule has 6 heteroatoms. The first-order valence-corrected chi connectivity index (χ1v) is 8.99. The van der Waals surface area contributed by atoms with E-state index in [4.69, 9.17) is 0 Å². The van der Waals surface area contributed by atoms with E-state index in [9.17, 15) is 18.6 Å². The molecule has 3 rings (SSSR count). The Labute approximate surface area is 146 Å². The van der Waals surface area contributed by atoms with Gasteiger partial charge in [0.25, 0.3) is 10.0 Å². The summed E-state index contributed by atoms with van der Waals surface area (Å²) in [4.78, 5) is 0.141. The van der Waals surface area contributed by atoms with Gasteiger partial charge in [-0.2, -0.15) is 0 Å². The van der Waals surface area contributed by atoms with Gasteiger partial charge in [-0.1, -0.05) is 30.3 Å². The predicted molar refractivity (Wildman–Crippen MR) is 97.2 cm³/mol. The molecule has 0 aliphatic heterocycles. The van der Waals surface area contributed by atoms with Crippen molar-refractivity contribution in [2.24, 2.45) is 0 Å². The molecule has 25 heavy (non-hydrogen) atoms. The molecular weight excluding hydrogens is 338 g/mol. The molecule has 0 heterocycles. The zero-order valence-electron chi connectivity index (χ0n) is 13.5. The number of hydrogen-bond acceptors (Lipinski definition) is 4. The zero-order chi connectivity index (χ0) is 18.0. The standard InChI is InChI=1S/C19H17NO4S/c1-20(16-5-3-7-18(22)13-16)25(23,24)19-10-8-14(9-11-19)15-4-2-6-17(21)12-15/h2-13,21-22H,1H3. The SMILES string of the molecule is CN(c1cccc(O)c1)S(=O)(=O)c1ccc(-c2cccc(O)c2)cc1. The Morgan fingerprint density at radius 3 is 1.96 bits per heavy atom. The van der Waals surface area contributed by atoms with E-state index < -0.39 is 10.0 Å². The van der Waals surface area contributed by atoms with E-state index in [1.54, 1.807) is 42.5 Å². The third kappa shape index (κ3) is 3.44. The molecule has 0 fully saturated rings. The van der Waals surface area contributed by atoms with E-state index in [0.717, 1.165) is 15.4 Å². The Bertz CT molecular complexity index is 998. The Morgan fingerprint density at radius 1 is 0.760 bits per heavy atom. The Hall–Kier alpha value is -2.99. The van der Waals surface area contributed by atoms with E-state index in [1.807, 2.05) is 6.07 Å². The smallest absolute Gasteiger partial charge is 0.264 e.